The van der Waals surface area contributed by atoms with Gasteiger partial charge in [-0.25, -0.2) is 0 Å². The molecule has 0 atom stereocenters. The fourth-order valence-electron chi connectivity index (χ4n) is 4.47. The molecule has 29 heavy (non-hydrogen) atoms. The van der Waals surface area contributed by atoms with Gasteiger partial charge in [-0.15, -0.1) is 0 Å². The van der Waals surface area contributed by atoms with E-state index in [9.17, 15) is 22.8 Å². The van der Waals surface area contributed by atoms with Crippen LogP contribution in [0.15, 0.2) is 17.1 Å². The molecule has 1 amide bonds. The van der Waals surface area contributed by atoms with Gasteiger partial charge < -0.3 is 4.90 Å². The average molecular weight is 410 g/mol. The van der Waals surface area contributed by atoms with Gasteiger partial charge in [-0.1, -0.05) is 12.8 Å². The van der Waals surface area contributed by atoms with Crippen LogP contribution in [0.4, 0.5) is 13.2 Å². The van der Waals surface area contributed by atoms with Crippen molar-refractivity contribution in [3.05, 3.63) is 28.2 Å². The maximum atomic E-state index is 13.5. The summed E-state index contributed by atoms with van der Waals surface area (Å²) in [6.45, 7) is 1.43. The van der Waals surface area contributed by atoms with Crippen molar-refractivity contribution >= 4 is 16.9 Å². The van der Waals surface area contributed by atoms with Gasteiger partial charge in [0.2, 0.25) is 5.91 Å². The molecule has 1 aliphatic heterocycles. The van der Waals surface area contributed by atoms with Crippen molar-refractivity contribution in [1.82, 2.24) is 19.2 Å². The summed E-state index contributed by atoms with van der Waals surface area (Å²) >= 11 is 0. The number of rotatable bonds is 4. The number of amides is 1. The lowest BCUT2D eigenvalue weighted by atomic mass is 10.1. The molecule has 2 fully saturated rings. The van der Waals surface area contributed by atoms with E-state index in [0.29, 0.717) is 19.2 Å². The molecule has 4 rings (SSSR count). The van der Waals surface area contributed by atoms with E-state index >= 15 is 0 Å². The first-order valence-corrected chi connectivity index (χ1v) is 10.3. The Kier molecular flexibility index (Phi) is 5.40. The Morgan fingerprint density at radius 3 is 2.45 bits per heavy atom. The molecular formula is C20H25F3N4O2. The van der Waals surface area contributed by atoms with Gasteiger partial charge in [0, 0.05) is 43.7 Å². The van der Waals surface area contributed by atoms with Gasteiger partial charge in [0.25, 0.3) is 5.56 Å². The van der Waals surface area contributed by atoms with Crippen molar-refractivity contribution in [2.45, 2.75) is 70.1 Å². The molecule has 9 heteroatoms. The molecule has 1 saturated heterocycles. The molecule has 1 saturated carbocycles. The summed E-state index contributed by atoms with van der Waals surface area (Å²) in [5.74, 6) is -0.0696. The fourth-order valence-corrected chi connectivity index (χ4v) is 4.47. The Bertz CT molecular complexity index is 951. The highest BCUT2D eigenvalue weighted by molar-refractivity contribution is 5.80. The molecule has 3 heterocycles. The summed E-state index contributed by atoms with van der Waals surface area (Å²) in [5.41, 5.74) is -1.71. The number of aromatic nitrogens is 3. The molecule has 2 aromatic rings. The minimum atomic E-state index is -4.64. The molecule has 0 bridgehead atoms. The molecule has 0 N–H and O–H groups in total. The van der Waals surface area contributed by atoms with Gasteiger partial charge in [-0.2, -0.15) is 18.3 Å². The van der Waals surface area contributed by atoms with Crippen LogP contribution in [0.3, 0.4) is 0 Å². The highest BCUT2D eigenvalue weighted by Gasteiger charge is 2.35. The summed E-state index contributed by atoms with van der Waals surface area (Å²) in [5, 5.41) is 4.30. The van der Waals surface area contributed by atoms with E-state index in [1.54, 1.807) is 9.58 Å². The first-order chi connectivity index (χ1) is 13.8. The normalized spacial score (nSPS) is 18.7. The second-order valence-corrected chi connectivity index (χ2v) is 8.02. The molecule has 2 aromatic heterocycles. The van der Waals surface area contributed by atoms with Crippen molar-refractivity contribution in [3.8, 4) is 0 Å². The number of hydrogen-bond donors (Lipinski definition) is 0. The molecule has 0 radical (unpaired) electrons. The quantitative estimate of drug-likeness (QED) is 0.772. The number of aryl methyl sites for hydroxylation is 1. The summed E-state index contributed by atoms with van der Waals surface area (Å²) in [7, 11) is 0. The van der Waals surface area contributed by atoms with Crippen molar-refractivity contribution in [2.75, 3.05) is 13.1 Å². The molecule has 158 valence electrons. The third kappa shape index (κ3) is 4.04. The van der Waals surface area contributed by atoms with Gasteiger partial charge in [0.15, 0.2) is 5.65 Å². The Morgan fingerprint density at radius 2 is 1.79 bits per heavy atom. The average Bonchev–Trinajstić information content (AvgIpc) is 3.36. The summed E-state index contributed by atoms with van der Waals surface area (Å²) in [6, 6.07) is 0.691. The first-order valence-electron chi connectivity index (χ1n) is 10.3. The SMILES string of the molecule is O=C(CCn1c(=O)cc(C(F)(F)F)c2cn(C3CCCC3)nc21)N1CCCCC1. The number of carbonyl (C=O) groups excluding carboxylic acids is 1. The lowest BCUT2D eigenvalue weighted by Crippen LogP contribution is -2.36. The lowest BCUT2D eigenvalue weighted by Gasteiger charge is -2.26. The minimum Gasteiger partial charge on any atom is -0.343 e. The zero-order chi connectivity index (χ0) is 20.6. The zero-order valence-corrected chi connectivity index (χ0v) is 16.2. The van der Waals surface area contributed by atoms with E-state index in [1.165, 1.54) is 10.8 Å². The van der Waals surface area contributed by atoms with Crippen LogP contribution < -0.4 is 5.56 Å². The number of nitrogens with zero attached hydrogens (tertiary/aromatic N) is 4. The second kappa shape index (κ2) is 7.84. The van der Waals surface area contributed by atoms with Crippen LogP contribution in [0.25, 0.3) is 11.0 Å². The number of piperidine rings is 1. The van der Waals surface area contributed by atoms with Gasteiger partial charge >= 0.3 is 6.18 Å². The fraction of sp³-hybridized carbons (Fsp3) is 0.650. The van der Waals surface area contributed by atoms with Crippen molar-refractivity contribution in [3.63, 3.8) is 0 Å². The molecule has 0 aromatic carbocycles. The van der Waals surface area contributed by atoms with E-state index in [2.05, 4.69) is 5.10 Å². The van der Waals surface area contributed by atoms with E-state index in [-0.39, 0.29) is 35.9 Å². The lowest BCUT2D eigenvalue weighted by molar-refractivity contribution is -0.136. The van der Waals surface area contributed by atoms with Crippen LogP contribution in [0.5, 0.6) is 0 Å². The highest BCUT2D eigenvalue weighted by atomic mass is 19.4. The van der Waals surface area contributed by atoms with Crippen LogP contribution in [0.1, 0.15) is 63.0 Å². The Balaban J connectivity index is 1.68. The van der Waals surface area contributed by atoms with Gasteiger partial charge in [-0.3, -0.25) is 18.8 Å². The number of fused-ring (bicyclic) bond motifs is 1. The second-order valence-electron chi connectivity index (χ2n) is 8.02. The maximum Gasteiger partial charge on any atom is 0.417 e. The monoisotopic (exact) mass is 410 g/mol. The Hall–Kier alpha value is -2.32. The smallest absolute Gasteiger partial charge is 0.343 e. The Labute approximate surface area is 166 Å². The van der Waals surface area contributed by atoms with Gasteiger partial charge in [0.1, 0.15) is 0 Å². The van der Waals surface area contributed by atoms with Crippen molar-refractivity contribution in [2.24, 2.45) is 0 Å². The van der Waals surface area contributed by atoms with Crippen LogP contribution in [-0.4, -0.2) is 38.2 Å². The van der Waals surface area contributed by atoms with Crippen LogP contribution in [0.2, 0.25) is 0 Å². The van der Waals surface area contributed by atoms with Crippen LogP contribution in [-0.2, 0) is 17.5 Å². The molecule has 0 unspecified atom stereocenters. The predicted molar refractivity (Wildman–Crippen MR) is 102 cm³/mol. The third-order valence-electron chi connectivity index (χ3n) is 6.05. The van der Waals surface area contributed by atoms with Gasteiger partial charge in [0.05, 0.1) is 11.6 Å². The number of carbonyl (C=O) groups is 1. The van der Waals surface area contributed by atoms with Crippen molar-refractivity contribution in [1.29, 1.82) is 0 Å². The largest absolute Gasteiger partial charge is 0.417 e. The summed E-state index contributed by atoms with van der Waals surface area (Å²) < 4.78 is 43.4. The summed E-state index contributed by atoms with van der Waals surface area (Å²) in [6.07, 6.45) is 3.65. The third-order valence-corrected chi connectivity index (χ3v) is 6.05. The summed E-state index contributed by atoms with van der Waals surface area (Å²) in [4.78, 5) is 26.7. The topological polar surface area (TPSA) is 60.1 Å². The minimum absolute atomic E-state index is 0.0168. The molecule has 6 nitrogen and oxygen atoms in total. The number of halogens is 3. The zero-order valence-electron chi connectivity index (χ0n) is 16.2. The molecule has 0 spiro atoms. The standard InChI is InChI=1S/C20H25F3N4O2/c21-20(22,23)16-12-18(29)26(11-8-17(28)25-9-4-1-5-10-25)19-15(16)13-27(24-19)14-6-2-3-7-14/h12-14H,1-11H2. The van der Waals surface area contributed by atoms with E-state index in [1.807, 2.05) is 0 Å². The van der Waals surface area contributed by atoms with E-state index in [0.717, 1.165) is 44.9 Å². The van der Waals surface area contributed by atoms with E-state index in [4.69, 9.17) is 0 Å². The molecular weight excluding hydrogens is 385 g/mol. The molecule has 2 aliphatic rings. The molecule has 1 aliphatic carbocycles. The first kappa shape index (κ1) is 20.0. The van der Waals surface area contributed by atoms with E-state index < -0.39 is 17.3 Å². The number of likely N-dealkylation sites (tertiary alicyclic amines) is 1. The number of pyridine rings is 1. The number of hydrogen-bond acceptors (Lipinski definition) is 3. The van der Waals surface area contributed by atoms with Crippen LogP contribution in [0, 0.1) is 0 Å². The van der Waals surface area contributed by atoms with Crippen molar-refractivity contribution < 1.29 is 18.0 Å². The predicted octanol–water partition coefficient (Wildman–Crippen LogP) is 3.73. The van der Waals surface area contributed by atoms with Gasteiger partial charge in [-0.05, 0) is 32.1 Å². The highest BCUT2D eigenvalue weighted by Crippen LogP contribution is 2.35. The number of alkyl halides is 3. The maximum absolute atomic E-state index is 13.5. The van der Waals surface area contributed by atoms with Crippen LogP contribution >= 0.6 is 0 Å². The Morgan fingerprint density at radius 1 is 1.10 bits per heavy atom.